The van der Waals surface area contributed by atoms with Crippen LogP contribution in [0.4, 0.5) is 0 Å². The summed E-state index contributed by atoms with van der Waals surface area (Å²) >= 11 is 1.61. The van der Waals surface area contributed by atoms with Crippen LogP contribution in [0.5, 0.6) is 0 Å². The quantitative estimate of drug-likeness (QED) is 0.608. The topological polar surface area (TPSA) is 29.5 Å². The van der Waals surface area contributed by atoms with Gasteiger partial charge >= 0.3 is 0 Å². The fraction of sp³-hybridized carbons (Fsp3) is 1.00. The number of aliphatic hydroxyl groups excluding tert-OH is 1. The molecule has 2 nitrogen and oxygen atoms in total. The zero-order chi connectivity index (χ0) is 7.28. The maximum Gasteiger partial charge on any atom is 0.0920 e. The van der Waals surface area contributed by atoms with E-state index < -0.39 is 0 Å². The predicted molar refractivity (Wildman–Crippen MR) is 40.6 cm³/mol. The first kappa shape index (κ1) is 9.27. The van der Waals surface area contributed by atoms with Gasteiger partial charge in [-0.05, 0) is 6.92 Å². The molecule has 0 saturated carbocycles. The summed E-state index contributed by atoms with van der Waals surface area (Å²) in [5, 5.41) is 9.24. The Morgan fingerprint density at radius 1 is 1.56 bits per heavy atom. The van der Waals surface area contributed by atoms with Crippen molar-refractivity contribution < 1.29 is 9.84 Å². The highest BCUT2D eigenvalue weighted by atomic mass is 32.2. The Hall–Kier alpha value is 0.270. The van der Waals surface area contributed by atoms with Crippen LogP contribution in [0.25, 0.3) is 0 Å². The molecule has 0 aliphatic heterocycles. The second-order valence-corrected chi connectivity index (χ2v) is 3.33. The molecule has 2 atom stereocenters. The highest BCUT2D eigenvalue weighted by Gasteiger charge is 2.07. The molecule has 0 saturated heterocycles. The summed E-state index contributed by atoms with van der Waals surface area (Å²) in [4.78, 5) is 0. The lowest BCUT2D eigenvalue weighted by Crippen LogP contribution is -2.15. The molecule has 0 spiro atoms. The van der Waals surface area contributed by atoms with E-state index in [1.807, 2.05) is 6.92 Å². The standard InChI is InChI=1S/C6H14O2S/c1-5(7)6(2)9-4-8-3/h5-7H,4H2,1-3H3. The van der Waals surface area contributed by atoms with Gasteiger partial charge < -0.3 is 9.84 Å². The molecule has 0 aromatic heterocycles. The van der Waals surface area contributed by atoms with Crippen LogP contribution in [0.3, 0.4) is 0 Å². The van der Waals surface area contributed by atoms with E-state index in [1.165, 1.54) is 0 Å². The van der Waals surface area contributed by atoms with E-state index in [-0.39, 0.29) is 11.4 Å². The predicted octanol–water partition coefficient (Wildman–Crippen LogP) is 1.09. The first-order chi connectivity index (χ1) is 4.18. The summed E-state index contributed by atoms with van der Waals surface area (Å²) in [5.41, 5.74) is 0. The second-order valence-electron chi connectivity index (χ2n) is 2.02. The number of hydrogen-bond donors (Lipinski definition) is 1. The lowest BCUT2D eigenvalue weighted by Gasteiger charge is -2.12. The number of ether oxygens (including phenoxy) is 1. The summed E-state index contributed by atoms with van der Waals surface area (Å²) < 4.78 is 4.81. The number of hydrogen-bond acceptors (Lipinski definition) is 3. The summed E-state index contributed by atoms with van der Waals surface area (Å²) in [6.45, 7) is 3.77. The Balaban J connectivity index is 3.16. The lowest BCUT2D eigenvalue weighted by molar-refractivity contribution is 0.194. The highest BCUT2D eigenvalue weighted by Crippen LogP contribution is 2.12. The van der Waals surface area contributed by atoms with Crippen LogP contribution in [-0.4, -0.2) is 29.5 Å². The molecule has 0 aliphatic rings. The Morgan fingerprint density at radius 3 is 2.44 bits per heavy atom. The van der Waals surface area contributed by atoms with Crippen molar-refractivity contribution in [3.05, 3.63) is 0 Å². The molecule has 0 radical (unpaired) electrons. The van der Waals surface area contributed by atoms with Gasteiger partial charge in [0.05, 0.1) is 12.0 Å². The van der Waals surface area contributed by atoms with Gasteiger partial charge in [0.1, 0.15) is 0 Å². The van der Waals surface area contributed by atoms with Crippen molar-refractivity contribution in [2.75, 3.05) is 13.0 Å². The number of rotatable bonds is 4. The summed E-state index contributed by atoms with van der Waals surface area (Å²) in [7, 11) is 1.65. The molecule has 2 unspecified atom stereocenters. The lowest BCUT2D eigenvalue weighted by atomic mass is 10.3. The molecule has 0 aromatic rings. The zero-order valence-electron chi connectivity index (χ0n) is 6.13. The molecule has 0 fully saturated rings. The van der Waals surface area contributed by atoms with E-state index in [4.69, 9.17) is 9.84 Å². The van der Waals surface area contributed by atoms with Crippen molar-refractivity contribution in [3.63, 3.8) is 0 Å². The molecule has 0 aliphatic carbocycles. The van der Waals surface area contributed by atoms with Gasteiger partial charge in [-0.15, -0.1) is 11.8 Å². The van der Waals surface area contributed by atoms with Crippen LogP contribution in [-0.2, 0) is 4.74 Å². The van der Waals surface area contributed by atoms with Crippen molar-refractivity contribution in [2.24, 2.45) is 0 Å². The summed E-state index contributed by atoms with van der Waals surface area (Å²) in [6.07, 6.45) is -0.245. The van der Waals surface area contributed by atoms with Crippen molar-refractivity contribution in [1.29, 1.82) is 0 Å². The van der Waals surface area contributed by atoms with Crippen molar-refractivity contribution in [3.8, 4) is 0 Å². The minimum Gasteiger partial charge on any atom is -0.392 e. The van der Waals surface area contributed by atoms with Gasteiger partial charge in [0, 0.05) is 12.4 Å². The molecular weight excluding hydrogens is 136 g/mol. The van der Waals surface area contributed by atoms with E-state index in [0.717, 1.165) is 0 Å². The normalized spacial score (nSPS) is 17.3. The zero-order valence-corrected chi connectivity index (χ0v) is 6.94. The molecule has 0 heterocycles. The third-order valence-corrected chi connectivity index (χ3v) is 2.42. The monoisotopic (exact) mass is 150 g/mol. The molecule has 1 N–H and O–H groups in total. The largest absolute Gasteiger partial charge is 0.392 e. The second kappa shape index (κ2) is 5.09. The van der Waals surface area contributed by atoms with Gasteiger partial charge in [0.25, 0.3) is 0 Å². The van der Waals surface area contributed by atoms with E-state index >= 15 is 0 Å². The van der Waals surface area contributed by atoms with Gasteiger partial charge in [-0.25, -0.2) is 0 Å². The molecular formula is C6H14O2S. The van der Waals surface area contributed by atoms with Gasteiger partial charge in [-0.2, -0.15) is 0 Å². The number of thioether (sulfide) groups is 1. The SMILES string of the molecule is COCSC(C)C(C)O. The smallest absolute Gasteiger partial charge is 0.0920 e. The minimum absolute atomic E-state index is 0.245. The molecule has 0 aromatic carbocycles. The van der Waals surface area contributed by atoms with Crippen LogP contribution < -0.4 is 0 Å². The molecule has 0 rings (SSSR count). The number of methoxy groups -OCH3 is 1. The van der Waals surface area contributed by atoms with Crippen LogP contribution in [0.1, 0.15) is 13.8 Å². The summed E-state index contributed by atoms with van der Waals surface area (Å²) in [6, 6.07) is 0. The fourth-order valence-electron chi connectivity index (χ4n) is 0.315. The van der Waals surface area contributed by atoms with E-state index in [0.29, 0.717) is 5.94 Å². The highest BCUT2D eigenvalue weighted by molar-refractivity contribution is 7.99. The maximum absolute atomic E-state index is 8.97. The van der Waals surface area contributed by atoms with Gasteiger partial charge in [0.2, 0.25) is 0 Å². The third kappa shape index (κ3) is 4.75. The molecule has 0 amide bonds. The van der Waals surface area contributed by atoms with Crippen molar-refractivity contribution in [1.82, 2.24) is 0 Å². The Kier molecular flexibility index (Phi) is 5.24. The number of aliphatic hydroxyl groups is 1. The first-order valence-electron chi connectivity index (χ1n) is 2.97. The molecule has 9 heavy (non-hydrogen) atoms. The maximum atomic E-state index is 8.97. The van der Waals surface area contributed by atoms with Crippen LogP contribution in [0.15, 0.2) is 0 Å². The Bertz CT molecular complexity index is 66.1. The van der Waals surface area contributed by atoms with Gasteiger partial charge in [0.15, 0.2) is 0 Å². The van der Waals surface area contributed by atoms with Crippen LogP contribution in [0, 0.1) is 0 Å². The average molecular weight is 150 g/mol. The molecule has 0 bridgehead atoms. The van der Waals surface area contributed by atoms with Gasteiger partial charge in [-0.3, -0.25) is 0 Å². The van der Waals surface area contributed by atoms with Gasteiger partial charge in [-0.1, -0.05) is 6.92 Å². The molecule has 56 valence electrons. The third-order valence-electron chi connectivity index (χ3n) is 1.13. The van der Waals surface area contributed by atoms with Crippen molar-refractivity contribution >= 4 is 11.8 Å². The fourth-order valence-corrected chi connectivity index (χ4v) is 0.944. The minimum atomic E-state index is -0.245. The average Bonchev–Trinajstić information content (AvgIpc) is 1.82. The summed E-state index contributed by atoms with van der Waals surface area (Å²) in [5.74, 6) is 0.659. The van der Waals surface area contributed by atoms with E-state index in [9.17, 15) is 0 Å². The van der Waals surface area contributed by atoms with E-state index in [1.54, 1.807) is 25.8 Å². The Labute approximate surface area is 60.6 Å². The van der Waals surface area contributed by atoms with Crippen molar-refractivity contribution in [2.45, 2.75) is 25.2 Å². The first-order valence-corrected chi connectivity index (χ1v) is 4.02. The Morgan fingerprint density at radius 2 is 2.11 bits per heavy atom. The van der Waals surface area contributed by atoms with Crippen LogP contribution >= 0.6 is 11.8 Å². The van der Waals surface area contributed by atoms with Crippen LogP contribution in [0.2, 0.25) is 0 Å². The molecule has 3 heteroatoms. The van der Waals surface area contributed by atoms with E-state index in [2.05, 4.69) is 0 Å².